The highest BCUT2D eigenvalue weighted by atomic mass is 19.1. The number of benzene rings is 4. The number of hydrogen-bond acceptors (Lipinski definition) is 2. The van der Waals surface area contributed by atoms with Gasteiger partial charge in [-0.05, 0) is 56.7 Å². The highest BCUT2D eigenvalue weighted by Crippen LogP contribution is 2.39. The normalized spacial score (nSPS) is 17.4. The Morgan fingerprint density at radius 1 is 0.727 bits per heavy atom. The molecule has 6 rings (SSSR count). The summed E-state index contributed by atoms with van der Waals surface area (Å²) in [5.41, 5.74) is 2.30. The number of fused-ring (bicyclic) bond motifs is 4. The van der Waals surface area contributed by atoms with Crippen LogP contribution in [0.4, 0.5) is 4.39 Å². The zero-order chi connectivity index (χ0) is 23.0. The van der Waals surface area contributed by atoms with Crippen LogP contribution in [0.25, 0.3) is 38.3 Å². The summed E-state index contributed by atoms with van der Waals surface area (Å²) in [6.45, 7) is 8.20. The summed E-state index contributed by atoms with van der Waals surface area (Å²) >= 11 is 0. The Hall–Kier alpha value is -3.15. The fourth-order valence-electron chi connectivity index (χ4n) is 4.83. The van der Waals surface area contributed by atoms with E-state index >= 15 is 4.39 Å². The van der Waals surface area contributed by atoms with Crippen molar-refractivity contribution in [2.75, 3.05) is 0 Å². The summed E-state index contributed by atoms with van der Waals surface area (Å²) in [6, 6.07) is 25.8. The molecule has 33 heavy (non-hydrogen) atoms. The van der Waals surface area contributed by atoms with Crippen molar-refractivity contribution < 1.29 is 13.7 Å². The maximum atomic E-state index is 15.4. The Morgan fingerprint density at radius 2 is 1.33 bits per heavy atom. The SMILES string of the molecule is CC1(C)OB(c2cc3ccccc3cc2-n2c3ccccc3c3cccc(F)c32)OC1(C)C. The van der Waals surface area contributed by atoms with Crippen molar-refractivity contribution in [2.24, 2.45) is 0 Å². The first-order valence-electron chi connectivity index (χ1n) is 11.3. The lowest BCUT2D eigenvalue weighted by molar-refractivity contribution is 0.00578. The van der Waals surface area contributed by atoms with Crippen LogP contribution in [0.1, 0.15) is 27.7 Å². The molecule has 0 amide bonds. The van der Waals surface area contributed by atoms with E-state index in [2.05, 4.69) is 24.3 Å². The van der Waals surface area contributed by atoms with Gasteiger partial charge in [0.2, 0.25) is 0 Å². The Morgan fingerprint density at radius 3 is 2.06 bits per heavy atom. The maximum Gasteiger partial charge on any atom is 0.497 e. The van der Waals surface area contributed by atoms with Crippen LogP contribution in [0, 0.1) is 5.82 Å². The van der Waals surface area contributed by atoms with Gasteiger partial charge in [0, 0.05) is 21.9 Å². The molecule has 164 valence electrons. The Balaban J connectivity index is 1.72. The van der Waals surface area contributed by atoms with Crippen LogP contribution in [0.5, 0.6) is 0 Å². The van der Waals surface area contributed by atoms with Crippen LogP contribution >= 0.6 is 0 Å². The van der Waals surface area contributed by atoms with Gasteiger partial charge < -0.3 is 13.9 Å². The third-order valence-electron chi connectivity index (χ3n) is 7.29. The van der Waals surface area contributed by atoms with Crippen LogP contribution in [0.3, 0.4) is 0 Å². The molecule has 1 fully saturated rings. The summed E-state index contributed by atoms with van der Waals surface area (Å²) in [7, 11) is -0.572. The minimum Gasteiger partial charge on any atom is -0.399 e. The molecule has 3 nitrogen and oxygen atoms in total. The van der Waals surface area contributed by atoms with Crippen molar-refractivity contribution in [3.63, 3.8) is 0 Å². The van der Waals surface area contributed by atoms with Crippen molar-refractivity contribution in [3.8, 4) is 5.69 Å². The summed E-state index contributed by atoms with van der Waals surface area (Å²) in [5, 5.41) is 4.07. The van der Waals surface area contributed by atoms with Gasteiger partial charge in [-0.1, -0.05) is 60.7 Å². The second-order valence-corrected chi connectivity index (χ2v) is 9.83. The summed E-state index contributed by atoms with van der Waals surface area (Å²) < 4.78 is 30.3. The maximum absolute atomic E-state index is 15.4. The molecule has 0 radical (unpaired) electrons. The van der Waals surface area contributed by atoms with Crippen molar-refractivity contribution >= 4 is 45.2 Å². The summed E-state index contributed by atoms with van der Waals surface area (Å²) in [6.07, 6.45) is 0. The lowest BCUT2D eigenvalue weighted by Gasteiger charge is -2.32. The topological polar surface area (TPSA) is 23.4 Å². The monoisotopic (exact) mass is 437 g/mol. The molecule has 1 aliphatic rings. The fourth-order valence-corrected chi connectivity index (χ4v) is 4.83. The van der Waals surface area contributed by atoms with Crippen LogP contribution in [-0.2, 0) is 9.31 Å². The number of para-hydroxylation sites is 2. The third kappa shape index (κ3) is 2.96. The molecule has 0 unspecified atom stereocenters. The van der Waals surface area contributed by atoms with Crippen LogP contribution in [0.2, 0.25) is 0 Å². The second-order valence-electron chi connectivity index (χ2n) is 9.83. The molecular formula is C28H25BFNO2. The Labute approximate surface area is 192 Å². The molecule has 1 aromatic heterocycles. The van der Waals surface area contributed by atoms with Crippen molar-refractivity contribution in [1.29, 1.82) is 0 Å². The molecule has 5 aromatic rings. The van der Waals surface area contributed by atoms with E-state index < -0.39 is 18.3 Å². The first kappa shape index (κ1) is 20.5. The molecule has 0 atom stereocenters. The smallest absolute Gasteiger partial charge is 0.399 e. The number of hydrogen-bond donors (Lipinski definition) is 0. The molecule has 2 heterocycles. The molecule has 0 saturated carbocycles. The molecular weight excluding hydrogens is 412 g/mol. The zero-order valence-electron chi connectivity index (χ0n) is 19.2. The third-order valence-corrected chi connectivity index (χ3v) is 7.29. The minimum absolute atomic E-state index is 0.253. The largest absolute Gasteiger partial charge is 0.497 e. The van der Waals surface area contributed by atoms with E-state index in [0.717, 1.165) is 38.2 Å². The highest BCUT2D eigenvalue weighted by molar-refractivity contribution is 6.63. The number of aromatic nitrogens is 1. The highest BCUT2D eigenvalue weighted by Gasteiger charge is 2.52. The van der Waals surface area contributed by atoms with Crippen molar-refractivity contribution in [2.45, 2.75) is 38.9 Å². The predicted molar refractivity (Wildman–Crippen MR) is 134 cm³/mol. The van der Waals surface area contributed by atoms with Gasteiger partial charge in [-0.3, -0.25) is 0 Å². The fraction of sp³-hybridized carbons (Fsp3) is 0.214. The van der Waals surface area contributed by atoms with Gasteiger partial charge in [0.1, 0.15) is 5.82 Å². The van der Waals surface area contributed by atoms with Crippen molar-refractivity contribution in [1.82, 2.24) is 4.57 Å². The average Bonchev–Trinajstić information content (AvgIpc) is 3.24. The molecule has 0 aliphatic carbocycles. The standard InChI is InChI=1S/C28H25BFNO2/c1-27(2)28(3,4)33-29(32-27)22-16-18-10-5-6-11-19(18)17-25(22)31-24-15-8-7-12-20(24)21-13-9-14-23(30)26(21)31/h5-17H,1-4H3. The number of halogens is 1. The molecule has 1 saturated heterocycles. The van der Waals surface area contributed by atoms with Crippen LogP contribution < -0.4 is 5.46 Å². The molecule has 4 aromatic carbocycles. The quantitative estimate of drug-likeness (QED) is 0.300. The lowest BCUT2D eigenvalue weighted by Crippen LogP contribution is -2.41. The van der Waals surface area contributed by atoms with Crippen LogP contribution in [0.15, 0.2) is 78.9 Å². The van der Waals surface area contributed by atoms with Gasteiger partial charge in [-0.15, -0.1) is 0 Å². The molecule has 0 bridgehead atoms. The number of rotatable bonds is 2. The Kier molecular flexibility index (Phi) is 4.29. The van der Waals surface area contributed by atoms with E-state index in [-0.39, 0.29) is 5.82 Å². The predicted octanol–water partition coefficient (Wildman–Crippen LogP) is 6.38. The summed E-state index contributed by atoms with van der Waals surface area (Å²) in [5.74, 6) is -0.253. The van der Waals surface area contributed by atoms with E-state index in [1.54, 1.807) is 6.07 Å². The van der Waals surface area contributed by atoms with Gasteiger partial charge in [0.05, 0.1) is 22.2 Å². The first-order chi connectivity index (χ1) is 15.8. The molecule has 0 spiro atoms. The van der Waals surface area contributed by atoms with Crippen LogP contribution in [-0.4, -0.2) is 22.9 Å². The first-order valence-corrected chi connectivity index (χ1v) is 11.3. The molecule has 5 heteroatoms. The summed E-state index contributed by atoms with van der Waals surface area (Å²) in [4.78, 5) is 0. The van der Waals surface area contributed by atoms with Gasteiger partial charge in [0.25, 0.3) is 0 Å². The van der Waals surface area contributed by atoms with Gasteiger partial charge in [0.15, 0.2) is 0 Å². The average molecular weight is 437 g/mol. The zero-order valence-corrected chi connectivity index (χ0v) is 19.2. The van der Waals surface area contributed by atoms with Gasteiger partial charge in [-0.2, -0.15) is 0 Å². The molecule has 0 N–H and O–H groups in total. The van der Waals surface area contributed by atoms with Gasteiger partial charge in [-0.25, -0.2) is 4.39 Å². The van der Waals surface area contributed by atoms with Gasteiger partial charge >= 0.3 is 7.12 Å². The number of nitrogens with zero attached hydrogens (tertiary/aromatic N) is 1. The lowest BCUT2D eigenvalue weighted by atomic mass is 9.76. The van der Waals surface area contributed by atoms with E-state index in [0.29, 0.717) is 5.52 Å². The van der Waals surface area contributed by atoms with E-state index in [1.807, 2.05) is 74.7 Å². The van der Waals surface area contributed by atoms with E-state index in [1.165, 1.54) is 6.07 Å². The van der Waals surface area contributed by atoms with E-state index in [4.69, 9.17) is 9.31 Å². The van der Waals surface area contributed by atoms with E-state index in [9.17, 15) is 0 Å². The minimum atomic E-state index is -0.572. The Bertz CT molecular complexity index is 1540. The van der Waals surface area contributed by atoms with Crippen molar-refractivity contribution in [3.05, 3.63) is 84.7 Å². The molecule has 1 aliphatic heterocycles. The second kappa shape index (κ2) is 6.93.